The minimum Gasteiger partial charge on any atom is -0.370 e. The summed E-state index contributed by atoms with van der Waals surface area (Å²) in [6.45, 7) is 8.80. The molecule has 0 radical (unpaired) electrons. The SMILES string of the molecule is Cc1cc(-c2[nH]c3ccc(C4CCN(c5cccnc5)CC4)cc3c2C(C)C)ccn1. The van der Waals surface area contributed by atoms with Crippen LogP contribution in [-0.2, 0) is 0 Å². The number of rotatable bonds is 4. The normalized spacial score (nSPS) is 15.2. The van der Waals surface area contributed by atoms with Gasteiger partial charge in [-0.3, -0.25) is 9.97 Å². The quantitative estimate of drug-likeness (QED) is 0.421. The second-order valence-corrected chi connectivity index (χ2v) is 9.03. The Kier molecular flexibility index (Phi) is 5.23. The Morgan fingerprint density at radius 2 is 1.87 bits per heavy atom. The molecule has 0 bridgehead atoms. The lowest BCUT2D eigenvalue weighted by Crippen LogP contribution is -2.32. The van der Waals surface area contributed by atoms with Gasteiger partial charge in [0.15, 0.2) is 0 Å². The highest BCUT2D eigenvalue weighted by molar-refractivity contribution is 5.92. The topological polar surface area (TPSA) is 44.8 Å². The van der Waals surface area contributed by atoms with E-state index in [0.29, 0.717) is 11.8 Å². The van der Waals surface area contributed by atoms with Crippen molar-refractivity contribution in [3.8, 4) is 11.3 Å². The van der Waals surface area contributed by atoms with Crippen molar-refractivity contribution in [3.05, 3.63) is 77.9 Å². The highest BCUT2D eigenvalue weighted by Crippen LogP contribution is 2.38. The molecular weight excluding hydrogens is 380 g/mol. The molecule has 158 valence electrons. The van der Waals surface area contributed by atoms with Crippen LogP contribution in [0.15, 0.2) is 61.1 Å². The zero-order valence-corrected chi connectivity index (χ0v) is 18.6. The summed E-state index contributed by atoms with van der Waals surface area (Å²) >= 11 is 0. The van der Waals surface area contributed by atoms with E-state index in [9.17, 15) is 0 Å². The average molecular weight is 411 g/mol. The van der Waals surface area contributed by atoms with Gasteiger partial charge in [-0.25, -0.2) is 0 Å². The fraction of sp³-hybridized carbons (Fsp3) is 0.333. The predicted octanol–water partition coefficient (Wildman–Crippen LogP) is 6.44. The summed E-state index contributed by atoms with van der Waals surface area (Å²) in [6.07, 6.45) is 8.08. The number of fused-ring (bicyclic) bond motifs is 1. The number of H-pyrrole nitrogens is 1. The van der Waals surface area contributed by atoms with Gasteiger partial charge in [0.05, 0.1) is 17.6 Å². The fourth-order valence-corrected chi connectivity index (χ4v) is 5.02. The van der Waals surface area contributed by atoms with Crippen LogP contribution in [0.3, 0.4) is 0 Å². The molecule has 5 rings (SSSR count). The van der Waals surface area contributed by atoms with E-state index in [-0.39, 0.29) is 0 Å². The van der Waals surface area contributed by atoms with E-state index in [0.717, 1.165) is 18.8 Å². The van der Waals surface area contributed by atoms with E-state index in [1.807, 2.05) is 24.7 Å². The standard InChI is InChI=1S/C27H30N4/c1-18(2)26-24-16-21(20-9-13-31(14-10-20)23-5-4-11-28-17-23)6-7-25(24)30-27(26)22-8-12-29-19(3)15-22/h4-8,11-12,15-18,20,30H,9-10,13-14H2,1-3H3. The van der Waals surface area contributed by atoms with Gasteiger partial charge in [0.25, 0.3) is 0 Å². The largest absolute Gasteiger partial charge is 0.370 e. The van der Waals surface area contributed by atoms with Gasteiger partial charge in [0.2, 0.25) is 0 Å². The third kappa shape index (κ3) is 3.83. The van der Waals surface area contributed by atoms with Crippen molar-refractivity contribution in [2.24, 2.45) is 0 Å². The van der Waals surface area contributed by atoms with Crippen LogP contribution in [0, 0.1) is 6.92 Å². The highest BCUT2D eigenvalue weighted by atomic mass is 15.1. The average Bonchev–Trinajstić information content (AvgIpc) is 3.19. The first-order chi connectivity index (χ1) is 15.1. The Bertz CT molecular complexity index is 1180. The first kappa shape index (κ1) is 19.8. The van der Waals surface area contributed by atoms with Gasteiger partial charge in [-0.2, -0.15) is 0 Å². The lowest BCUT2D eigenvalue weighted by atomic mass is 9.87. The summed E-state index contributed by atoms with van der Waals surface area (Å²) in [5, 5.41) is 1.37. The second-order valence-electron chi connectivity index (χ2n) is 9.03. The molecule has 4 heteroatoms. The summed E-state index contributed by atoms with van der Waals surface area (Å²) < 4.78 is 0. The third-order valence-electron chi connectivity index (χ3n) is 6.60. The number of anilines is 1. The number of pyridine rings is 2. The molecule has 0 unspecified atom stereocenters. The molecule has 0 amide bonds. The maximum absolute atomic E-state index is 4.38. The molecule has 4 aromatic rings. The molecule has 1 aromatic carbocycles. The first-order valence-corrected chi connectivity index (χ1v) is 11.3. The van der Waals surface area contributed by atoms with Gasteiger partial charge in [0.1, 0.15) is 0 Å². The van der Waals surface area contributed by atoms with Crippen molar-refractivity contribution in [2.45, 2.75) is 45.4 Å². The van der Waals surface area contributed by atoms with Crippen LogP contribution in [0.2, 0.25) is 0 Å². The highest BCUT2D eigenvalue weighted by Gasteiger charge is 2.23. The molecule has 0 spiro atoms. The van der Waals surface area contributed by atoms with Crippen molar-refractivity contribution in [3.63, 3.8) is 0 Å². The lowest BCUT2D eigenvalue weighted by molar-refractivity contribution is 0.505. The minimum absolute atomic E-state index is 0.444. The van der Waals surface area contributed by atoms with E-state index in [2.05, 4.69) is 77.0 Å². The molecule has 0 aliphatic carbocycles. The molecule has 4 nitrogen and oxygen atoms in total. The zero-order chi connectivity index (χ0) is 21.4. The van der Waals surface area contributed by atoms with Crippen molar-refractivity contribution in [2.75, 3.05) is 18.0 Å². The van der Waals surface area contributed by atoms with Crippen LogP contribution in [-0.4, -0.2) is 28.0 Å². The molecule has 4 heterocycles. The molecule has 1 aliphatic heterocycles. The Hall–Kier alpha value is -3.14. The van der Waals surface area contributed by atoms with Crippen LogP contribution >= 0.6 is 0 Å². The Labute approximate surface area is 184 Å². The fourth-order valence-electron chi connectivity index (χ4n) is 5.02. The van der Waals surface area contributed by atoms with E-state index in [1.54, 1.807) is 0 Å². The van der Waals surface area contributed by atoms with Crippen LogP contribution in [0.1, 0.15) is 55.3 Å². The number of hydrogen-bond acceptors (Lipinski definition) is 3. The van der Waals surface area contributed by atoms with E-state index in [4.69, 9.17) is 0 Å². The molecule has 3 aromatic heterocycles. The number of aryl methyl sites for hydroxylation is 1. The van der Waals surface area contributed by atoms with Gasteiger partial charge in [0, 0.05) is 47.6 Å². The van der Waals surface area contributed by atoms with E-state index >= 15 is 0 Å². The number of nitrogens with zero attached hydrogens (tertiary/aromatic N) is 3. The number of aromatic nitrogens is 3. The van der Waals surface area contributed by atoms with E-state index in [1.165, 1.54) is 51.8 Å². The smallest absolute Gasteiger partial charge is 0.0552 e. The summed E-state index contributed by atoms with van der Waals surface area (Å²) in [4.78, 5) is 14.8. The summed E-state index contributed by atoms with van der Waals surface area (Å²) in [5.74, 6) is 1.05. The Balaban J connectivity index is 1.46. The van der Waals surface area contributed by atoms with Gasteiger partial charge in [-0.05, 0) is 79.1 Å². The van der Waals surface area contributed by atoms with Gasteiger partial charge >= 0.3 is 0 Å². The third-order valence-corrected chi connectivity index (χ3v) is 6.60. The van der Waals surface area contributed by atoms with Gasteiger partial charge in [-0.1, -0.05) is 19.9 Å². The maximum Gasteiger partial charge on any atom is 0.0552 e. The number of benzene rings is 1. The molecule has 1 N–H and O–H groups in total. The second kappa shape index (κ2) is 8.18. The summed E-state index contributed by atoms with van der Waals surface area (Å²) in [5.41, 5.74) is 8.85. The Morgan fingerprint density at radius 3 is 2.58 bits per heavy atom. The van der Waals surface area contributed by atoms with Crippen molar-refractivity contribution in [1.82, 2.24) is 15.0 Å². The van der Waals surface area contributed by atoms with Crippen molar-refractivity contribution >= 4 is 16.6 Å². The minimum atomic E-state index is 0.444. The number of piperidine rings is 1. The van der Waals surface area contributed by atoms with Crippen LogP contribution < -0.4 is 4.90 Å². The molecule has 1 saturated heterocycles. The molecule has 1 aliphatic rings. The first-order valence-electron chi connectivity index (χ1n) is 11.3. The van der Waals surface area contributed by atoms with Crippen LogP contribution in [0.4, 0.5) is 5.69 Å². The van der Waals surface area contributed by atoms with Gasteiger partial charge in [-0.15, -0.1) is 0 Å². The van der Waals surface area contributed by atoms with Crippen LogP contribution in [0.25, 0.3) is 22.2 Å². The maximum atomic E-state index is 4.38. The monoisotopic (exact) mass is 410 g/mol. The predicted molar refractivity (Wildman–Crippen MR) is 129 cm³/mol. The zero-order valence-electron chi connectivity index (χ0n) is 18.6. The molecule has 1 fully saturated rings. The number of hydrogen-bond donors (Lipinski definition) is 1. The molecule has 31 heavy (non-hydrogen) atoms. The Morgan fingerprint density at radius 1 is 1.03 bits per heavy atom. The summed E-state index contributed by atoms with van der Waals surface area (Å²) in [6, 6.07) is 15.5. The van der Waals surface area contributed by atoms with Crippen molar-refractivity contribution < 1.29 is 0 Å². The van der Waals surface area contributed by atoms with Crippen molar-refractivity contribution in [1.29, 1.82) is 0 Å². The number of aromatic amines is 1. The van der Waals surface area contributed by atoms with E-state index < -0.39 is 0 Å². The van der Waals surface area contributed by atoms with Gasteiger partial charge < -0.3 is 9.88 Å². The number of nitrogens with one attached hydrogen (secondary N) is 1. The summed E-state index contributed by atoms with van der Waals surface area (Å²) in [7, 11) is 0. The van der Waals surface area contributed by atoms with Crippen LogP contribution in [0.5, 0.6) is 0 Å². The molecule has 0 saturated carbocycles. The molecular formula is C27H30N4. The lowest BCUT2D eigenvalue weighted by Gasteiger charge is -2.33. The molecule has 0 atom stereocenters.